The number of hydrogen-bond acceptors (Lipinski definition) is 2. The third-order valence-corrected chi connectivity index (χ3v) is 7.92. The molecule has 0 heterocycles. The van der Waals surface area contributed by atoms with Crippen LogP contribution in [0.25, 0.3) is 0 Å². The van der Waals surface area contributed by atoms with Crippen molar-refractivity contribution in [2.45, 2.75) is 38.8 Å². The normalized spacial score (nSPS) is 19.2. The Morgan fingerprint density at radius 1 is 0.842 bits per heavy atom. The van der Waals surface area contributed by atoms with Gasteiger partial charge in [0.25, 0.3) is 0 Å². The second kappa shape index (κ2) is 6.03. The Hall–Kier alpha value is -0.903. The van der Waals surface area contributed by atoms with Gasteiger partial charge in [-0.1, -0.05) is 58.9 Å². The summed E-state index contributed by atoms with van der Waals surface area (Å²) in [6, 6.07) is 0. The molecule has 0 fully saturated rings. The Labute approximate surface area is 116 Å². The van der Waals surface area contributed by atoms with E-state index in [9.17, 15) is 10.2 Å². The van der Waals surface area contributed by atoms with Gasteiger partial charge in [-0.05, 0) is 25.7 Å². The minimum atomic E-state index is -1.67. The molecule has 0 unspecified atom stereocenters. The second-order valence-electron chi connectivity index (χ2n) is 5.74. The van der Waals surface area contributed by atoms with Crippen molar-refractivity contribution in [1.29, 1.82) is 0 Å². The van der Waals surface area contributed by atoms with Crippen molar-refractivity contribution in [3.63, 3.8) is 0 Å². The van der Waals surface area contributed by atoms with Gasteiger partial charge in [-0.25, -0.2) is 0 Å². The lowest BCUT2D eigenvalue weighted by Crippen LogP contribution is -2.33. The summed E-state index contributed by atoms with van der Waals surface area (Å²) in [7, 11) is -1.67. The topological polar surface area (TPSA) is 40.5 Å². The van der Waals surface area contributed by atoms with Crippen LogP contribution >= 0.6 is 0 Å². The molecule has 0 aromatic heterocycles. The minimum Gasteiger partial charge on any atom is -0.396 e. The quantitative estimate of drug-likeness (QED) is 0.732. The average Bonchev–Trinajstić information content (AvgIpc) is 2.99. The van der Waals surface area contributed by atoms with Gasteiger partial charge in [-0.15, -0.1) is 0 Å². The molecule has 0 saturated carbocycles. The Morgan fingerprint density at radius 2 is 1.26 bits per heavy atom. The number of aliphatic hydroxyl groups excluding tert-OH is 2. The first-order valence-corrected chi connectivity index (χ1v) is 10.1. The largest absolute Gasteiger partial charge is 0.396 e. The van der Waals surface area contributed by atoms with E-state index in [1.165, 1.54) is 21.5 Å². The first kappa shape index (κ1) is 14.5. The van der Waals surface area contributed by atoms with E-state index in [1.54, 1.807) is 0 Å². The fourth-order valence-electron chi connectivity index (χ4n) is 3.29. The molecule has 0 aliphatic heterocycles. The first-order chi connectivity index (χ1) is 9.11. The molecule has 104 valence electrons. The summed E-state index contributed by atoms with van der Waals surface area (Å²) < 4.78 is 0. The Morgan fingerprint density at radius 3 is 1.63 bits per heavy atom. The van der Waals surface area contributed by atoms with Crippen LogP contribution in [-0.2, 0) is 0 Å². The molecule has 0 spiro atoms. The number of aliphatic hydroxyl groups is 2. The summed E-state index contributed by atoms with van der Waals surface area (Å²) in [5.41, 5.74) is 2.69. The van der Waals surface area contributed by atoms with Crippen molar-refractivity contribution in [2.75, 3.05) is 13.2 Å². The van der Waals surface area contributed by atoms with Crippen LogP contribution in [-0.4, -0.2) is 31.5 Å². The van der Waals surface area contributed by atoms with Crippen LogP contribution in [0.2, 0.25) is 13.1 Å². The summed E-state index contributed by atoms with van der Waals surface area (Å²) in [5, 5.41) is 21.4. The van der Waals surface area contributed by atoms with Crippen molar-refractivity contribution in [3.8, 4) is 0 Å². The molecule has 2 aliphatic carbocycles. The highest BCUT2D eigenvalue weighted by molar-refractivity contribution is 6.92. The molecule has 0 amide bonds. The van der Waals surface area contributed by atoms with Gasteiger partial charge in [0.2, 0.25) is 0 Å². The second-order valence-corrected chi connectivity index (χ2v) is 10.1. The molecule has 0 saturated heterocycles. The van der Waals surface area contributed by atoms with E-state index in [2.05, 4.69) is 37.4 Å². The number of hydrogen-bond donors (Lipinski definition) is 2. The van der Waals surface area contributed by atoms with Crippen LogP contribution in [0.15, 0.2) is 45.8 Å². The Bertz CT molecular complexity index is 425. The molecular formula is C16H24O2Si. The van der Waals surface area contributed by atoms with Crippen LogP contribution in [0.4, 0.5) is 0 Å². The van der Waals surface area contributed by atoms with E-state index in [-0.39, 0.29) is 13.2 Å². The summed E-state index contributed by atoms with van der Waals surface area (Å²) in [6.45, 7) is 5.23. The summed E-state index contributed by atoms with van der Waals surface area (Å²) in [4.78, 5) is 0. The molecule has 0 aromatic rings. The van der Waals surface area contributed by atoms with E-state index >= 15 is 0 Å². The van der Waals surface area contributed by atoms with Gasteiger partial charge < -0.3 is 10.2 Å². The highest BCUT2D eigenvalue weighted by atomic mass is 28.3. The molecule has 0 bridgehead atoms. The maximum Gasteiger partial charge on any atom is 0.112 e. The summed E-state index contributed by atoms with van der Waals surface area (Å²) in [6.07, 6.45) is 12.8. The fourth-order valence-corrected chi connectivity index (χ4v) is 6.90. The number of rotatable bonds is 6. The molecule has 0 radical (unpaired) electrons. The van der Waals surface area contributed by atoms with Gasteiger partial charge in [0.1, 0.15) is 8.07 Å². The van der Waals surface area contributed by atoms with Crippen LogP contribution in [0.3, 0.4) is 0 Å². The van der Waals surface area contributed by atoms with Gasteiger partial charge >= 0.3 is 0 Å². The van der Waals surface area contributed by atoms with Gasteiger partial charge in [-0.2, -0.15) is 0 Å². The van der Waals surface area contributed by atoms with Crippen LogP contribution in [0, 0.1) is 0 Å². The molecule has 3 heteroatoms. The van der Waals surface area contributed by atoms with Crippen molar-refractivity contribution >= 4 is 8.07 Å². The van der Waals surface area contributed by atoms with E-state index in [0.29, 0.717) is 0 Å². The zero-order valence-corrected chi connectivity index (χ0v) is 12.9. The molecule has 2 aliphatic rings. The molecule has 0 aromatic carbocycles. The average molecular weight is 276 g/mol. The highest BCUT2D eigenvalue weighted by Gasteiger charge is 2.35. The third-order valence-electron chi connectivity index (χ3n) is 4.17. The van der Waals surface area contributed by atoms with E-state index in [0.717, 1.165) is 25.7 Å². The van der Waals surface area contributed by atoms with E-state index in [4.69, 9.17) is 0 Å². The van der Waals surface area contributed by atoms with Crippen molar-refractivity contribution in [1.82, 2.24) is 0 Å². The zero-order valence-electron chi connectivity index (χ0n) is 11.9. The predicted octanol–water partition coefficient (Wildman–Crippen LogP) is 3.05. The minimum absolute atomic E-state index is 0.228. The monoisotopic (exact) mass is 276 g/mol. The third kappa shape index (κ3) is 2.83. The SMILES string of the molecule is C[Si](C)(C1=CCC=C1CCO)C1=CCC=C1CCO. The maximum atomic E-state index is 9.20. The van der Waals surface area contributed by atoms with Gasteiger partial charge in [0.05, 0.1) is 0 Å². The molecule has 19 heavy (non-hydrogen) atoms. The van der Waals surface area contributed by atoms with Crippen LogP contribution < -0.4 is 0 Å². The number of allylic oxidation sites excluding steroid dienone is 6. The molecular weight excluding hydrogens is 252 g/mol. The standard InChI is InChI=1S/C16H24O2Si/c1-19(2,15-7-3-5-13(15)9-11-17)16-8-4-6-14(16)10-12-18/h5-8,17-18H,3-4,9-12H2,1-2H3. The van der Waals surface area contributed by atoms with Crippen LogP contribution in [0.1, 0.15) is 25.7 Å². The highest BCUT2D eigenvalue weighted by Crippen LogP contribution is 2.39. The zero-order chi connectivity index (χ0) is 13.9. The fraction of sp³-hybridized carbons (Fsp3) is 0.500. The molecule has 2 rings (SSSR count). The van der Waals surface area contributed by atoms with Crippen LogP contribution in [0.5, 0.6) is 0 Å². The van der Waals surface area contributed by atoms with Crippen molar-refractivity contribution in [3.05, 3.63) is 45.8 Å². The van der Waals surface area contributed by atoms with Gasteiger partial charge in [0.15, 0.2) is 0 Å². The lowest BCUT2D eigenvalue weighted by Gasteiger charge is -2.30. The van der Waals surface area contributed by atoms with Crippen molar-refractivity contribution < 1.29 is 10.2 Å². The predicted molar refractivity (Wildman–Crippen MR) is 82.5 cm³/mol. The molecule has 0 atom stereocenters. The van der Waals surface area contributed by atoms with Gasteiger partial charge in [-0.3, -0.25) is 0 Å². The Kier molecular flexibility index (Phi) is 4.61. The van der Waals surface area contributed by atoms with E-state index in [1.807, 2.05) is 0 Å². The van der Waals surface area contributed by atoms with Crippen molar-refractivity contribution in [2.24, 2.45) is 0 Å². The summed E-state index contributed by atoms with van der Waals surface area (Å²) >= 11 is 0. The Balaban J connectivity index is 2.24. The molecule has 2 nitrogen and oxygen atoms in total. The van der Waals surface area contributed by atoms with E-state index < -0.39 is 8.07 Å². The lowest BCUT2D eigenvalue weighted by atomic mass is 10.2. The van der Waals surface area contributed by atoms with Gasteiger partial charge in [0, 0.05) is 13.2 Å². The first-order valence-electron chi connectivity index (χ1n) is 7.13. The molecule has 2 N–H and O–H groups in total. The summed E-state index contributed by atoms with van der Waals surface area (Å²) in [5.74, 6) is 0. The lowest BCUT2D eigenvalue weighted by molar-refractivity contribution is 0.300. The smallest absolute Gasteiger partial charge is 0.112 e. The maximum absolute atomic E-state index is 9.20.